The fraction of sp³-hybridized carbons (Fsp3) is 0.611. The number of hydrogen-bond donors (Lipinski definition) is 2. The Morgan fingerprint density at radius 2 is 2.00 bits per heavy atom. The molecule has 0 radical (unpaired) electrons. The van der Waals surface area contributed by atoms with Gasteiger partial charge in [-0.25, -0.2) is 4.79 Å². The Labute approximate surface area is 136 Å². The highest BCUT2D eigenvalue weighted by Gasteiger charge is 2.46. The number of benzene rings is 1. The highest BCUT2D eigenvalue weighted by Crippen LogP contribution is 2.47. The van der Waals surface area contributed by atoms with E-state index >= 15 is 0 Å². The van der Waals surface area contributed by atoms with Gasteiger partial charge in [0.05, 0.1) is 0 Å². The lowest BCUT2D eigenvalue weighted by molar-refractivity contribution is 0.208. The van der Waals surface area contributed by atoms with E-state index in [-0.39, 0.29) is 11.6 Å². The zero-order valence-corrected chi connectivity index (χ0v) is 13.5. The van der Waals surface area contributed by atoms with Crippen LogP contribution in [0.3, 0.4) is 0 Å². The highest BCUT2D eigenvalue weighted by molar-refractivity contribution is 6.30. The molecule has 3 fully saturated rings. The second-order valence-electron chi connectivity index (χ2n) is 7.45. The number of nitrogens with one attached hydrogen (secondary N) is 2. The summed E-state index contributed by atoms with van der Waals surface area (Å²) < 4.78 is 0. The first kappa shape index (κ1) is 14.4. The van der Waals surface area contributed by atoms with E-state index in [1.54, 1.807) is 0 Å². The molecule has 2 N–H and O–H groups in total. The van der Waals surface area contributed by atoms with Crippen LogP contribution in [0.2, 0.25) is 5.02 Å². The van der Waals surface area contributed by atoms with Crippen LogP contribution in [-0.4, -0.2) is 17.6 Å². The van der Waals surface area contributed by atoms with Gasteiger partial charge >= 0.3 is 6.03 Å². The average molecular weight is 319 g/mol. The van der Waals surface area contributed by atoms with Gasteiger partial charge in [-0.05, 0) is 74.5 Å². The lowest BCUT2D eigenvalue weighted by Crippen LogP contribution is -2.54. The fourth-order valence-electron chi connectivity index (χ4n) is 4.60. The largest absolute Gasteiger partial charge is 0.335 e. The molecule has 4 heteroatoms. The molecular weight excluding hydrogens is 296 g/mol. The number of carbonyl (C=O) groups excluding carboxylic acids is 1. The van der Waals surface area contributed by atoms with Crippen molar-refractivity contribution in [3.63, 3.8) is 0 Å². The molecule has 0 aliphatic heterocycles. The SMILES string of the molecule is O=C(NC1CC(c2cccc(Cl)c2)C1)NC12CCC(CC1)C2. The maximum Gasteiger partial charge on any atom is 0.315 e. The maximum atomic E-state index is 12.2. The molecule has 1 aromatic carbocycles. The van der Waals surface area contributed by atoms with Gasteiger partial charge in [0.25, 0.3) is 0 Å². The van der Waals surface area contributed by atoms with Crippen molar-refractivity contribution in [2.75, 3.05) is 0 Å². The van der Waals surface area contributed by atoms with Crippen molar-refractivity contribution in [2.24, 2.45) is 5.92 Å². The molecule has 3 aliphatic carbocycles. The molecule has 3 nitrogen and oxygen atoms in total. The van der Waals surface area contributed by atoms with Crippen LogP contribution in [0, 0.1) is 5.92 Å². The lowest BCUT2D eigenvalue weighted by Gasteiger charge is -2.37. The minimum absolute atomic E-state index is 0.0390. The third-order valence-electron chi connectivity index (χ3n) is 5.91. The maximum absolute atomic E-state index is 12.2. The molecule has 0 heterocycles. The second kappa shape index (κ2) is 5.45. The minimum Gasteiger partial charge on any atom is -0.335 e. The highest BCUT2D eigenvalue weighted by atomic mass is 35.5. The molecule has 0 saturated heterocycles. The van der Waals surface area contributed by atoms with E-state index in [0.717, 1.165) is 23.8 Å². The predicted molar refractivity (Wildman–Crippen MR) is 88.2 cm³/mol. The topological polar surface area (TPSA) is 41.1 Å². The van der Waals surface area contributed by atoms with Crippen LogP contribution >= 0.6 is 11.6 Å². The number of rotatable bonds is 3. The van der Waals surface area contributed by atoms with Crippen LogP contribution in [0.1, 0.15) is 56.4 Å². The monoisotopic (exact) mass is 318 g/mol. The van der Waals surface area contributed by atoms with Gasteiger partial charge in [-0.1, -0.05) is 23.7 Å². The molecule has 4 rings (SSSR count). The normalized spacial score (nSPS) is 36.0. The Morgan fingerprint density at radius 3 is 2.64 bits per heavy atom. The molecule has 3 saturated carbocycles. The van der Waals surface area contributed by atoms with Gasteiger partial charge in [-0.15, -0.1) is 0 Å². The fourth-order valence-corrected chi connectivity index (χ4v) is 4.80. The zero-order valence-electron chi connectivity index (χ0n) is 12.8. The first-order valence-electron chi connectivity index (χ1n) is 8.46. The van der Waals surface area contributed by atoms with Crippen LogP contribution in [0.15, 0.2) is 24.3 Å². The van der Waals surface area contributed by atoms with Gasteiger partial charge in [0.1, 0.15) is 0 Å². The summed E-state index contributed by atoms with van der Waals surface area (Å²) in [6, 6.07) is 8.42. The van der Waals surface area contributed by atoms with Crippen molar-refractivity contribution in [3.05, 3.63) is 34.9 Å². The molecule has 0 spiro atoms. The van der Waals surface area contributed by atoms with E-state index in [9.17, 15) is 4.79 Å². The molecule has 0 unspecified atom stereocenters. The van der Waals surface area contributed by atoms with E-state index in [2.05, 4.69) is 16.7 Å². The first-order chi connectivity index (χ1) is 10.6. The molecular formula is C18H23ClN2O. The number of urea groups is 1. The standard InChI is InChI=1S/C18H23ClN2O/c19-15-3-1-2-13(8-15)14-9-16(10-14)20-17(22)21-18-6-4-12(11-18)5-7-18/h1-3,8,12,14,16H,4-7,9-11H2,(H2,20,21,22). The quantitative estimate of drug-likeness (QED) is 0.861. The Kier molecular flexibility index (Phi) is 3.56. The summed E-state index contributed by atoms with van der Waals surface area (Å²) in [6.45, 7) is 0. The zero-order chi connectivity index (χ0) is 15.2. The van der Waals surface area contributed by atoms with E-state index in [1.165, 1.54) is 37.7 Å². The average Bonchev–Trinajstić information content (AvgIpc) is 3.02. The molecule has 118 valence electrons. The summed E-state index contributed by atoms with van der Waals surface area (Å²) in [5.74, 6) is 1.39. The Morgan fingerprint density at radius 1 is 1.23 bits per heavy atom. The van der Waals surface area contributed by atoms with Crippen LogP contribution in [0.25, 0.3) is 0 Å². The molecule has 2 bridgehead atoms. The Hall–Kier alpha value is -1.22. The van der Waals surface area contributed by atoms with E-state index in [4.69, 9.17) is 11.6 Å². The van der Waals surface area contributed by atoms with Gasteiger partial charge < -0.3 is 10.6 Å². The van der Waals surface area contributed by atoms with Gasteiger partial charge in [-0.2, -0.15) is 0 Å². The predicted octanol–water partition coefficient (Wildman–Crippen LogP) is 4.22. The molecule has 1 aromatic rings. The summed E-state index contributed by atoms with van der Waals surface area (Å²) in [5, 5.41) is 7.22. The van der Waals surface area contributed by atoms with Gasteiger partial charge in [0.15, 0.2) is 0 Å². The first-order valence-corrected chi connectivity index (χ1v) is 8.84. The third-order valence-corrected chi connectivity index (χ3v) is 6.15. The van der Waals surface area contributed by atoms with Crippen molar-refractivity contribution >= 4 is 17.6 Å². The van der Waals surface area contributed by atoms with Crippen molar-refractivity contribution in [1.82, 2.24) is 10.6 Å². The number of fused-ring (bicyclic) bond motifs is 2. The number of halogens is 1. The van der Waals surface area contributed by atoms with Crippen molar-refractivity contribution < 1.29 is 4.79 Å². The summed E-state index contributed by atoms with van der Waals surface area (Å²) in [7, 11) is 0. The van der Waals surface area contributed by atoms with Crippen molar-refractivity contribution in [2.45, 2.75) is 62.4 Å². The van der Waals surface area contributed by atoms with E-state index in [1.807, 2.05) is 18.2 Å². The Bertz CT molecular complexity index is 574. The van der Waals surface area contributed by atoms with Crippen LogP contribution < -0.4 is 10.6 Å². The molecule has 3 aliphatic rings. The number of carbonyl (C=O) groups is 1. The van der Waals surface area contributed by atoms with Gasteiger partial charge in [-0.3, -0.25) is 0 Å². The van der Waals surface area contributed by atoms with Crippen molar-refractivity contribution in [1.29, 1.82) is 0 Å². The molecule has 0 atom stereocenters. The molecule has 22 heavy (non-hydrogen) atoms. The summed E-state index contributed by atoms with van der Waals surface area (Å²) in [6.07, 6.45) is 8.14. The summed E-state index contributed by atoms with van der Waals surface area (Å²) in [5.41, 5.74) is 1.41. The molecule has 2 amide bonds. The lowest BCUT2D eigenvalue weighted by atomic mass is 9.76. The van der Waals surface area contributed by atoms with Crippen LogP contribution in [-0.2, 0) is 0 Å². The summed E-state index contributed by atoms with van der Waals surface area (Å²) in [4.78, 5) is 12.2. The van der Waals surface area contributed by atoms with Crippen LogP contribution in [0.4, 0.5) is 4.79 Å². The van der Waals surface area contributed by atoms with E-state index < -0.39 is 0 Å². The minimum atomic E-state index is 0.0390. The smallest absolute Gasteiger partial charge is 0.315 e. The van der Waals surface area contributed by atoms with Gasteiger partial charge in [0, 0.05) is 16.6 Å². The van der Waals surface area contributed by atoms with Crippen LogP contribution in [0.5, 0.6) is 0 Å². The second-order valence-corrected chi connectivity index (χ2v) is 7.88. The summed E-state index contributed by atoms with van der Waals surface area (Å²) >= 11 is 6.04. The van der Waals surface area contributed by atoms with E-state index in [0.29, 0.717) is 12.0 Å². The number of hydrogen-bond acceptors (Lipinski definition) is 1. The molecule has 0 aromatic heterocycles. The Balaban J connectivity index is 1.26. The number of amides is 2. The van der Waals surface area contributed by atoms with Crippen molar-refractivity contribution in [3.8, 4) is 0 Å². The van der Waals surface area contributed by atoms with Gasteiger partial charge in [0.2, 0.25) is 0 Å². The third kappa shape index (κ3) is 2.71.